The van der Waals surface area contributed by atoms with E-state index in [0.717, 1.165) is 17.8 Å². The zero-order chi connectivity index (χ0) is 14.7. The Morgan fingerprint density at radius 3 is 2.35 bits per heavy atom. The van der Waals surface area contributed by atoms with Crippen molar-refractivity contribution in [2.45, 2.75) is 45.7 Å². The zero-order valence-electron chi connectivity index (χ0n) is 12.6. The number of carbonyl (C=O) groups excluding carboxylic acids is 1. The molecule has 0 radical (unpaired) electrons. The predicted octanol–water partition coefficient (Wildman–Crippen LogP) is 3.36. The van der Waals surface area contributed by atoms with Gasteiger partial charge in [0.25, 0.3) is 0 Å². The molecular formula is C16H25N3O. The average molecular weight is 275 g/mol. The summed E-state index contributed by atoms with van der Waals surface area (Å²) < 4.78 is 0. The fourth-order valence-electron chi connectivity index (χ4n) is 2.17. The highest BCUT2D eigenvalue weighted by molar-refractivity contribution is 5.89. The second-order valence-electron chi connectivity index (χ2n) is 6.03. The molecule has 0 spiro atoms. The van der Waals surface area contributed by atoms with Gasteiger partial charge in [0.15, 0.2) is 0 Å². The van der Waals surface area contributed by atoms with Gasteiger partial charge >= 0.3 is 6.03 Å². The van der Waals surface area contributed by atoms with Crippen LogP contribution in [-0.4, -0.2) is 23.5 Å². The predicted molar refractivity (Wildman–Crippen MR) is 82.6 cm³/mol. The number of amides is 2. The normalized spacial score (nSPS) is 16.1. The number of benzene rings is 1. The first-order valence-electron chi connectivity index (χ1n) is 7.40. The lowest BCUT2D eigenvalue weighted by molar-refractivity contribution is 0.194. The van der Waals surface area contributed by atoms with E-state index < -0.39 is 0 Å². The summed E-state index contributed by atoms with van der Waals surface area (Å²) in [5, 5.41) is 2.97. The van der Waals surface area contributed by atoms with Gasteiger partial charge in [-0.25, -0.2) is 4.79 Å². The highest BCUT2D eigenvalue weighted by Gasteiger charge is 2.28. The van der Waals surface area contributed by atoms with E-state index in [4.69, 9.17) is 5.73 Å². The van der Waals surface area contributed by atoms with E-state index in [2.05, 4.69) is 19.2 Å². The Morgan fingerprint density at radius 1 is 1.30 bits per heavy atom. The Kier molecular flexibility index (Phi) is 4.65. The SMILES string of the molecule is CC(N)c1ccc(NC(=O)N(CC2CC2)C(C)C)cc1. The first-order valence-corrected chi connectivity index (χ1v) is 7.40. The first kappa shape index (κ1) is 14.9. The summed E-state index contributed by atoms with van der Waals surface area (Å²) >= 11 is 0. The van der Waals surface area contributed by atoms with Crippen LogP contribution in [0.5, 0.6) is 0 Å². The monoisotopic (exact) mass is 275 g/mol. The second kappa shape index (κ2) is 6.27. The summed E-state index contributed by atoms with van der Waals surface area (Å²) in [4.78, 5) is 14.2. The number of nitrogens with one attached hydrogen (secondary N) is 1. The van der Waals surface area contributed by atoms with Crippen LogP contribution in [0.25, 0.3) is 0 Å². The molecule has 2 amide bonds. The minimum absolute atomic E-state index is 0.0135. The van der Waals surface area contributed by atoms with Crippen LogP contribution < -0.4 is 11.1 Å². The van der Waals surface area contributed by atoms with Gasteiger partial charge in [0.2, 0.25) is 0 Å². The van der Waals surface area contributed by atoms with Crippen molar-refractivity contribution < 1.29 is 4.79 Å². The summed E-state index contributed by atoms with van der Waals surface area (Å²) in [6.07, 6.45) is 2.50. The molecule has 1 fully saturated rings. The van der Waals surface area contributed by atoms with E-state index in [-0.39, 0.29) is 18.1 Å². The molecule has 1 aromatic carbocycles. The number of anilines is 1. The third-order valence-corrected chi connectivity index (χ3v) is 3.72. The fourth-order valence-corrected chi connectivity index (χ4v) is 2.17. The Morgan fingerprint density at radius 2 is 1.90 bits per heavy atom. The fraction of sp³-hybridized carbons (Fsp3) is 0.562. The molecule has 4 nitrogen and oxygen atoms in total. The Labute approximate surface area is 121 Å². The number of rotatable bonds is 5. The molecule has 0 saturated heterocycles. The molecule has 0 aliphatic heterocycles. The lowest BCUT2D eigenvalue weighted by Gasteiger charge is -2.27. The Hall–Kier alpha value is -1.55. The molecule has 1 saturated carbocycles. The van der Waals surface area contributed by atoms with Gasteiger partial charge in [0, 0.05) is 24.3 Å². The van der Waals surface area contributed by atoms with Gasteiger partial charge in [0.05, 0.1) is 0 Å². The van der Waals surface area contributed by atoms with E-state index in [1.165, 1.54) is 12.8 Å². The molecule has 1 aliphatic carbocycles. The van der Waals surface area contributed by atoms with E-state index >= 15 is 0 Å². The molecule has 0 aromatic heterocycles. The van der Waals surface area contributed by atoms with Gasteiger partial charge in [0.1, 0.15) is 0 Å². The quantitative estimate of drug-likeness (QED) is 0.865. The molecule has 3 N–H and O–H groups in total. The molecule has 1 aromatic rings. The number of nitrogens with zero attached hydrogens (tertiary/aromatic N) is 1. The van der Waals surface area contributed by atoms with Crippen molar-refractivity contribution in [1.29, 1.82) is 0 Å². The van der Waals surface area contributed by atoms with Crippen LogP contribution in [0.4, 0.5) is 10.5 Å². The molecule has 0 heterocycles. The summed E-state index contributed by atoms with van der Waals surface area (Å²) in [6, 6.07) is 7.96. The molecule has 1 aliphatic rings. The smallest absolute Gasteiger partial charge is 0.322 e. The maximum absolute atomic E-state index is 12.3. The summed E-state index contributed by atoms with van der Waals surface area (Å²) in [7, 11) is 0. The van der Waals surface area contributed by atoms with Gasteiger partial charge in [-0.1, -0.05) is 12.1 Å². The lowest BCUT2D eigenvalue weighted by Crippen LogP contribution is -2.41. The highest BCUT2D eigenvalue weighted by Crippen LogP contribution is 2.30. The molecule has 0 bridgehead atoms. The Balaban J connectivity index is 1.97. The summed E-state index contributed by atoms with van der Waals surface area (Å²) in [6.45, 7) is 6.92. The Bertz CT molecular complexity index is 449. The van der Waals surface area contributed by atoms with E-state index in [1.807, 2.05) is 36.1 Å². The summed E-state index contributed by atoms with van der Waals surface area (Å²) in [5.41, 5.74) is 7.71. The molecule has 1 unspecified atom stereocenters. The van der Waals surface area contributed by atoms with Crippen molar-refractivity contribution in [1.82, 2.24) is 4.90 Å². The third-order valence-electron chi connectivity index (χ3n) is 3.72. The van der Waals surface area contributed by atoms with Crippen LogP contribution in [0.1, 0.15) is 45.2 Å². The lowest BCUT2D eigenvalue weighted by atomic mass is 10.1. The van der Waals surface area contributed by atoms with Crippen molar-refractivity contribution in [2.75, 3.05) is 11.9 Å². The van der Waals surface area contributed by atoms with Crippen molar-refractivity contribution in [3.05, 3.63) is 29.8 Å². The second-order valence-corrected chi connectivity index (χ2v) is 6.03. The van der Waals surface area contributed by atoms with Gasteiger partial charge < -0.3 is 16.0 Å². The zero-order valence-corrected chi connectivity index (χ0v) is 12.6. The van der Waals surface area contributed by atoms with E-state index in [9.17, 15) is 4.79 Å². The van der Waals surface area contributed by atoms with Crippen molar-refractivity contribution in [3.63, 3.8) is 0 Å². The van der Waals surface area contributed by atoms with Crippen LogP contribution in [0.2, 0.25) is 0 Å². The van der Waals surface area contributed by atoms with E-state index in [1.54, 1.807) is 0 Å². The number of nitrogens with two attached hydrogens (primary N) is 1. The van der Waals surface area contributed by atoms with Crippen LogP contribution >= 0.6 is 0 Å². The molecule has 2 rings (SSSR count). The maximum Gasteiger partial charge on any atom is 0.322 e. The van der Waals surface area contributed by atoms with Crippen LogP contribution in [0.3, 0.4) is 0 Å². The average Bonchev–Trinajstić information content (AvgIpc) is 3.20. The van der Waals surface area contributed by atoms with Crippen LogP contribution in [0.15, 0.2) is 24.3 Å². The van der Waals surface area contributed by atoms with Gasteiger partial charge in [-0.2, -0.15) is 0 Å². The first-order chi connectivity index (χ1) is 9.47. The van der Waals surface area contributed by atoms with Crippen LogP contribution in [-0.2, 0) is 0 Å². The van der Waals surface area contributed by atoms with Crippen LogP contribution in [0, 0.1) is 5.92 Å². The number of hydrogen-bond donors (Lipinski definition) is 2. The maximum atomic E-state index is 12.3. The molecule has 20 heavy (non-hydrogen) atoms. The minimum Gasteiger partial charge on any atom is -0.324 e. The standard InChI is InChI=1S/C16H25N3O/c1-11(2)19(10-13-4-5-13)16(20)18-15-8-6-14(7-9-15)12(3)17/h6-9,11-13H,4-5,10,17H2,1-3H3,(H,18,20). The van der Waals surface area contributed by atoms with Crippen molar-refractivity contribution in [2.24, 2.45) is 11.7 Å². The third kappa shape index (κ3) is 3.97. The topological polar surface area (TPSA) is 58.4 Å². The number of urea groups is 1. The molecular weight excluding hydrogens is 250 g/mol. The largest absolute Gasteiger partial charge is 0.324 e. The molecule has 1 atom stereocenters. The number of hydrogen-bond acceptors (Lipinski definition) is 2. The number of carbonyl (C=O) groups is 1. The van der Waals surface area contributed by atoms with Crippen molar-refractivity contribution in [3.8, 4) is 0 Å². The van der Waals surface area contributed by atoms with E-state index in [0.29, 0.717) is 5.92 Å². The minimum atomic E-state index is -0.0135. The van der Waals surface area contributed by atoms with Crippen molar-refractivity contribution >= 4 is 11.7 Å². The van der Waals surface area contributed by atoms with Gasteiger partial charge in [-0.05, 0) is 57.2 Å². The van der Waals surface area contributed by atoms with Gasteiger partial charge in [-0.3, -0.25) is 0 Å². The summed E-state index contributed by atoms with van der Waals surface area (Å²) in [5.74, 6) is 0.698. The van der Waals surface area contributed by atoms with Gasteiger partial charge in [-0.15, -0.1) is 0 Å². The molecule has 110 valence electrons. The highest BCUT2D eigenvalue weighted by atomic mass is 16.2. The molecule has 4 heteroatoms.